The lowest BCUT2D eigenvalue weighted by atomic mass is 10.1. The summed E-state index contributed by atoms with van der Waals surface area (Å²) in [6.07, 6.45) is -1.89. The van der Waals surface area contributed by atoms with E-state index in [0.29, 0.717) is 5.56 Å². The molecule has 0 bridgehead atoms. The number of hydrogen-bond donors (Lipinski definition) is 0. The summed E-state index contributed by atoms with van der Waals surface area (Å²) in [7, 11) is 1.32. The van der Waals surface area contributed by atoms with Crippen LogP contribution in [0.2, 0.25) is 0 Å². The number of fused-ring (bicyclic) bond motifs is 1. The normalized spacial score (nSPS) is 12.3. The number of rotatable bonds is 6. The van der Waals surface area contributed by atoms with Crippen molar-refractivity contribution in [3.63, 3.8) is 0 Å². The molecule has 9 nitrogen and oxygen atoms in total. The van der Waals surface area contributed by atoms with Gasteiger partial charge >= 0.3 is 12.1 Å². The molecule has 0 saturated carbocycles. The molecule has 0 unspecified atom stereocenters. The van der Waals surface area contributed by atoms with Crippen LogP contribution in [0.25, 0.3) is 17.0 Å². The molecule has 4 aromatic rings. The first-order valence-electron chi connectivity index (χ1n) is 10.0. The smallest absolute Gasteiger partial charge is 0.416 e. The molecule has 186 valence electrons. The van der Waals surface area contributed by atoms with E-state index in [1.165, 1.54) is 36.3 Å². The van der Waals surface area contributed by atoms with Crippen LogP contribution >= 0.6 is 13.5 Å². The van der Waals surface area contributed by atoms with Crippen LogP contribution in [0.4, 0.5) is 17.6 Å². The number of halogens is 4. The van der Waals surface area contributed by atoms with E-state index >= 15 is 0 Å². The number of esters is 1. The Bertz CT molecular complexity index is 1350. The van der Waals surface area contributed by atoms with Gasteiger partial charge in [-0.1, -0.05) is 12.1 Å². The average molecular weight is 512 g/mol. The molecule has 1 atom stereocenters. The van der Waals surface area contributed by atoms with Gasteiger partial charge < -0.3 is 9.47 Å². The van der Waals surface area contributed by atoms with Gasteiger partial charge in [0.05, 0.1) is 37.1 Å². The van der Waals surface area contributed by atoms with Gasteiger partial charge in [-0.15, -0.1) is 5.10 Å². The maximum absolute atomic E-state index is 14.8. The Hall–Kier alpha value is -3.68. The molecular weight excluding hydrogens is 492 g/mol. The summed E-state index contributed by atoms with van der Waals surface area (Å²) in [4.78, 5) is 20.3. The highest BCUT2D eigenvalue weighted by Crippen LogP contribution is 2.33. The van der Waals surface area contributed by atoms with E-state index in [0.717, 1.165) is 16.8 Å². The van der Waals surface area contributed by atoms with Crippen molar-refractivity contribution in [1.29, 1.82) is 0 Å². The minimum absolute atomic E-state index is 0. The van der Waals surface area contributed by atoms with Crippen molar-refractivity contribution in [2.75, 3.05) is 13.7 Å². The Morgan fingerprint density at radius 2 is 1.86 bits per heavy atom. The second-order valence-electron chi connectivity index (χ2n) is 7.16. The maximum atomic E-state index is 14.8. The minimum atomic E-state index is -4.47. The predicted octanol–water partition coefficient (Wildman–Crippen LogP) is 4.08. The van der Waals surface area contributed by atoms with Crippen molar-refractivity contribution >= 4 is 30.5 Å². The zero-order chi connectivity index (χ0) is 24.6. The Morgan fingerprint density at radius 3 is 2.46 bits per heavy atom. The van der Waals surface area contributed by atoms with Crippen LogP contribution < -0.4 is 4.74 Å². The molecule has 0 amide bonds. The van der Waals surface area contributed by atoms with Gasteiger partial charge in [-0.3, -0.25) is 0 Å². The van der Waals surface area contributed by atoms with E-state index in [9.17, 15) is 22.4 Å². The topological polar surface area (TPSA) is 96.9 Å². The first-order chi connectivity index (χ1) is 16.1. The lowest BCUT2D eigenvalue weighted by molar-refractivity contribution is -0.137. The van der Waals surface area contributed by atoms with E-state index in [-0.39, 0.29) is 48.5 Å². The molecule has 14 heteroatoms. The lowest BCUT2D eigenvalue weighted by Gasteiger charge is -2.16. The van der Waals surface area contributed by atoms with Crippen molar-refractivity contribution in [3.8, 4) is 11.8 Å². The zero-order valence-electron chi connectivity index (χ0n) is 18.7. The summed E-state index contributed by atoms with van der Waals surface area (Å²) in [5, 5.41) is 7.89. The van der Waals surface area contributed by atoms with E-state index in [1.807, 2.05) is 0 Å². The van der Waals surface area contributed by atoms with E-state index in [4.69, 9.17) is 9.47 Å². The predicted molar refractivity (Wildman–Crippen MR) is 121 cm³/mol. The highest BCUT2D eigenvalue weighted by atomic mass is 32.1. The van der Waals surface area contributed by atoms with Crippen LogP contribution in [0.5, 0.6) is 5.88 Å². The SMILES string of the molecule is CCOC(=O)c1cnn(-c2nc(OC)c3c(n2)c(F)nn3[C@@H](C)c2ccc(C(F)(F)F)cc2)c1.S. The standard InChI is InChI=1S/C21H18F4N6O3.H2S/c1-4-34-19(32)13-9-26-30(10-13)20-27-15-16(18(28-20)33-3)31(29-17(15)22)11(2)12-5-7-14(8-6-12)21(23,24)25;/h5-11H,4H2,1-3H3;1H2/t11-;/m0./s1. The second-order valence-corrected chi connectivity index (χ2v) is 7.16. The van der Waals surface area contributed by atoms with Crippen LogP contribution in [0.3, 0.4) is 0 Å². The van der Waals surface area contributed by atoms with E-state index in [1.54, 1.807) is 13.8 Å². The molecule has 0 saturated heterocycles. The number of hydrogen-bond acceptors (Lipinski definition) is 7. The first-order valence-corrected chi connectivity index (χ1v) is 10.0. The molecular formula is C21H20F4N6O3S. The number of carbonyl (C=O) groups excluding carboxylic acids is 1. The molecule has 0 aliphatic rings. The third kappa shape index (κ3) is 4.92. The Morgan fingerprint density at radius 1 is 1.17 bits per heavy atom. The fourth-order valence-electron chi connectivity index (χ4n) is 3.33. The number of benzene rings is 1. The van der Waals surface area contributed by atoms with Crippen molar-refractivity contribution < 1.29 is 31.8 Å². The molecule has 4 rings (SSSR count). The Labute approximate surface area is 203 Å². The lowest BCUT2D eigenvalue weighted by Crippen LogP contribution is -2.11. The maximum Gasteiger partial charge on any atom is 0.416 e. The van der Waals surface area contributed by atoms with Gasteiger partial charge in [0.25, 0.3) is 11.9 Å². The highest BCUT2D eigenvalue weighted by molar-refractivity contribution is 7.59. The van der Waals surface area contributed by atoms with Gasteiger partial charge in [0.1, 0.15) is 0 Å². The fourth-order valence-corrected chi connectivity index (χ4v) is 3.33. The first kappa shape index (κ1) is 25.9. The largest absolute Gasteiger partial charge is 0.479 e. The molecule has 1 aromatic carbocycles. The summed E-state index contributed by atoms with van der Waals surface area (Å²) in [6.45, 7) is 3.49. The summed E-state index contributed by atoms with van der Waals surface area (Å²) in [5.41, 5.74) is -0.277. The molecule has 3 aromatic heterocycles. The molecule has 0 aliphatic heterocycles. The minimum Gasteiger partial charge on any atom is -0.479 e. The van der Waals surface area contributed by atoms with Crippen LogP contribution in [0.15, 0.2) is 36.7 Å². The number of carbonyl (C=O) groups is 1. The van der Waals surface area contributed by atoms with Gasteiger partial charge in [0.2, 0.25) is 5.88 Å². The second kappa shape index (κ2) is 9.90. The molecule has 3 heterocycles. The van der Waals surface area contributed by atoms with Crippen LogP contribution in [0, 0.1) is 5.95 Å². The summed E-state index contributed by atoms with van der Waals surface area (Å²) in [6, 6.07) is 3.80. The Balaban J connectivity index is 0.00000342. The quantitative estimate of drug-likeness (QED) is 0.284. The van der Waals surface area contributed by atoms with E-state index in [2.05, 4.69) is 20.2 Å². The highest BCUT2D eigenvalue weighted by Gasteiger charge is 2.30. The van der Waals surface area contributed by atoms with Gasteiger partial charge in [-0.05, 0) is 31.5 Å². The summed E-state index contributed by atoms with van der Waals surface area (Å²) >= 11 is 0. The van der Waals surface area contributed by atoms with Crippen LogP contribution in [0.1, 0.15) is 41.4 Å². The molecule has 0 fully saturated rings. The Kier molecular flexibility index (Phi) is 7.33. The third-order valence-electron chi connectivity index (χ3n) is 5.04. The molecule has 0 aliphatic carbocycles. The number of nitrogens with zero attached hydrogens (tertiary/aromatic N) is 6. The van der Waals surface area contributed by atoms with Crippen molar-refractivity contribution in [2.45, 2.75) is 26.1 Å². The molecule has 0 spiro atoms. The summed E-state index contributed by atoms with van der Waals surface area (Å²) < 4.78 is 66.1. The number of aromatic nitrogens is 6. The van der Waals surface area contributed by atoms with Gasteiger partial charge in [0.15, 0.2) is 11.0 Å². The van der Waals surface area contributed by atoms with Crippen molar-refractivity contribution in [1.82, 2.24) is 29.5 Å². The van der Waals surface area contributed by atoms with Gasteiger partial charge in [0, 0.05) is 6.20 Å². The zero-order valence-corrected chi connectivity index (χ0v) is 19.7. The van der Waals surface area contributed by atoms with Crippen LogP contribution in [-0.4, -0.2) is 49.2 Å². The van der Waals surface area contributed by atoms with Gasteiger partial charge in [-0.25, -0.2) is 19.1 Å². The van der Waals surface area contributed by atoms with E-state index < -0.39 is 29.7 Å². The summed E-state index contributed by atoms with van der Waals surface area (Å²) in [5.74, 6) is -1.65. The number of methoxy groups -OCH3 is 1. The molecule has 35 heavy (non-hydrogen) atoms. The molecule has 0 radical (unpaired) electrons. The number of alkyl halides is 3. The fraction of sp³-hybridized carbons (Fsp3) is 0.286. The number of ether oxygens (including phenoxy) is 2. The van der Waals surface area contributed by atoms with Crippen LogP contribution in [-0.2, 0) is 10.9 Å². The molecule has 0 N–H and O–H groups in total. The average Bonchev–Trinajstić information content (AvgIpc) is 3.43. The third-order valence-corrected chi connectivity index (χ3v) is 5.04. The van der Waals surface area contributed by atoms with Gasteiger partial charge in [-0.2, -0.15) is 41.1 Å². The monoisotopic (exact) mass is 512 g/mol. The van der Waals surface area contributed by atoms with Crippen molar-refractivity contribution in [2.24, 2.45) is 0 Å². The van der Waals surface area contributed by atoms with Crippen molar-refractivity contribution in [3.05, 3.63) is 59.3 Å².